The van der Waals surface area contributed by atoms with Gasteiger partial charge in [0.25, 0.3) is 0 Å². The first-order valence-corrected chi connectivity index (χ1v) is 6.73. The van der Waals surface area contributed by atoms with Crippen molar-refractivity contribution in [3.05, 3.63) is 41.6 Å². The molecule has 0 aliphatic heterocycles. The highest BCUT2D eigenvalue weighted by Crippen LogP contribution is 2.24. The monoisotopic (exact) mass is 247 g/mol. The zero-order valence-corrected chi connectivity index (χ0v) is 11.0. The van der Waals surface area contributed by atoms with E-state index in [0.717, 1.165) is 17.8 Å². The van der Waals surface area contributed by atoms with Crippen molar-refractivity contribution in [2.45, 2.75) is 32.7 Å². The SMILES string of the molecule is CCc1ccc(C(CC)Nc2cnns2)cc1. The van der Waals surface area contributed by atoms with Gasteiger partial charge in [0.2, 0.25) is 0 Å². The predicted octanol–water partition coefficient (Wildman–Crippen LogP) is 3.66. The topological polar surface area (TPSA) is 37.8 Å². The molecule has 0 bridgehead atoms. The van der Waals surface area contributed by atoms with Crippen LogP contribution in [0.25, 0.3) is 0 Å². The van der Waals surface area contributed by atoms with Crippen molar-refractivity contribution in [2.75, 3.05) is 5.32 Å². The van der Waals surface area contributed by atoms with Gasteiger partial charge in [-0.05, 0) is 24.0 Å². The van der Waals surface area contributed by atoms with Crippen LogP contribution in [0.1, 0.15) is 37.4 Å². The first kappa shape index (κ1) is 12.0. The number of benzene rings is 1. The molecule has 0 spiro atoms. The molecule has 4 heteroatoms. The lowest BCUT2D eigenvalue weighted by Crippen LogP contribution is -2.08. The molecule has 1 unspecified atom stereocenters. The number of hydrogen-bond acceptors (Lipinski definition) is 4. The minimum Gasteiger partial charge on any atom is -0.368 e. The Labute approximate surface area is 106 Å². The Morgan fingerprint density at radius 3 is 2.53 bits per heavy atom. The van der Waals surface area contributed by atoms with Gasteiger partial charge in [-0.25, -0.2) is 0 Å². The van der Waals surface area contributed by atoms with Crippen LogP contribution in [0, 0.1) is 0 Å². The van der Waals surface area contributed by atoms with Crippen LogP contribution in [0.3, 0.4) is 0 Å². The Morgan fingerprint density at radius 1 is 1.24 bits per heavy atom. The fourth-order valence-corrected chi connectivity index (χ4v) is 2.28. The first-order valence-electron chi connectivity index (χ1n) is 5.96. The number of rotatable bonds is 5. The maximum absolute atomic E-state index is 3.86. The molecule has 1 heterocycles. The van der Waals surface area contributed by atoms with Crippen molar-refractivity contribution in [1.82, 2.24) is 9.59 Å². The van der Waals surface area contributed by atoms with Crippen molar-refractivity contribution >= 4 is 16.5 Å². The lowest BCUT2D eigenvalue weighted by atomic mass is 10.0. The standard InChI is InChI=1S/C13H17N3S/c1-3-10-5-7-11(8-6-10)12(4-2)15-13-9-14-16-17-13/h5-9,12,15H,3-4H2,1-2H3. The van der Waals surface area contributed by atoms with E-state index in [1.54, 1.807) is 6.20 Å². The van der Waals surface area contributed by atoms with Gasteiger partial charge in [-0.3, -0.25) is 0 Å². The Morgan fingerprint density at radius 2 is 2.00 bits per heavy atom. The van der Waals surface area contributed by atoms with Gasteiger partial charge in [-0.15, -0.1) is 5.10 Å². The van der Waals surface area contributed by atoms with Crippen LogP contribution in [0.4, 0.5) is 5.00 Å². The molecule has 0 radical (unpaired) electrons. The molecule has 2 rings (SSSR count). The molecule has 17 heavy (non-hydrogen) atoms. The molecular formula is C13H17N3S. The molecule has 0 saturated carbocycles. The van der Waals surface area contributed by atoms with Crippen molar-refractivity contribution in [2.24, 2.45) is 0 Å². The van der Waals surface area contributed by atoms with E-state index in [1.165, 1.54) is 22.7 Å². The van der Waals surface area contributed by atoms with Gasteiger partial charge in [0.05, 0.1) is 12.2 Å². The van der Waals surface area contributed by atoms with Gasteiger partial charge < -0.3 is 5.32 Å². The Kier molecular flexibility index (Phi) is 4.09. The molecule has 0 fully saturated rings. The second-order valence-electron chi connectivity index (χ2n) is 3.98. The van der Waals surface area contributed by atoms with E-state index < -0.39 is 0 Å². The van der Waals surface area contributed by atoms with Gasteiger partial charge in [0.1, 0.15) is 5.00 Å². The normalized spacial score (nSPS) is 12.4. The highest BCUT2D eigenvalue weighted by atomic mass is 32.1. The minimum atomic E-state index is 0.336. The van der Waals surface area contributed by atoms with Gasteiger partial charge in [-0.2, -0.15) is 0 Å². The third-order valence-corrected chi connectivity index (χ3v) is 3.47. The first-order chi connectivity index (χ1) is 8.33. The predicted molar refractivity (Wildman–Crippen MR) is 72.4 cm³/mol. The highest BCUT2D eigenvalue weighted by Gasteiger charge is 2.09. The number of aryl methyl sites for hydroxylation is 1. The van der Waals surface area contributed by atoms with Crippen LogP contribution in [-0.4, -0.2) is 9.59 Å². The summed E-state index contributed by atoms with van der Waals surface area (Å²) in [5.41, 5.74) is 2.70. The third kappa shape index (κ3) is 3.03. The second-order valence-corrected chi connectivity index (χ2v) is 4.77. The van der Waals surface area contributed by atoms with Crippen molar-refractivity contribution in [1.29, 1.82) is 0 Å². The van der Waals surface area contributed by atoms with Crippen molar-refractivity contribution in [3.8, 4) is 0 Å². The zero-order valence-electron chi connectivity index (χ0n) is 10.2. The van der Waals surface area contributed by atoms with Crippen LogP contribution in [0.15, 0.2) is 30.5 Å². The lowest BCUT2D eigenvalue weighted by molar-refractivity contribution is 0.751. The summed E-state index contributed by atoms with van der Waals surface area (Å²) in [5, 5.41) is 8.32. The quantitative estimate of drug-likeness (QED) is 0.876. The maximum atomic E-state index is 3.86. The number of anilines is 1. The molecule has 0 aliphatic carbocycles. The van der Waals surface area contributed by atoms with Crippen molar-refractivity contribution in [3.63, 3.8) is 0 Å². The molecule has 1 N–H and O–H groups in total. The Balaban J connectivity index is 2.11. The maximum Gasteiger partial charge on any atom is 0.130 e. The molecule has 3 nitrogen and oxygen atoms in total. The van der Waals surface area contributed by atoms with Crippen LogP contribution >= 0.6 is 11.5 Å². The van der Waals surface area contributed by atoms with E-state index in [1.807, 2.05) is 0 Å². The third-order valence-electron chi connectivity index (χ3n) is 2.88. The van der Waals surface area contributed by atoms with E-state index in [4.69, 9.17) is 0 Å². The summed E-state index contributed by atoms with van der Waals surface area (Å²) < 4.78 is 3.86. The van der Waals surface area contributed by atoms with Gasteiger partial charge in [0, 0.05) is 11.5 Å². The number of nitrogens with zero attached hydrogens (tertiary/aromatic N) is 2. The molecule has 0 saturated heterocycles. The lowest BCUT2D eigenvalue weighted by Gasteiger charge is -2.17. The average Bonchev–Trinajstić information content (AvgIpc) is 2.89. The second kappa shape index (κ2) is 5.77. The summed E-state index contributed by atoms with van der Waals surface area (Å²) in [6.07, 6.45) is 3.90. The van der Waals surface area contributed by atoms with Crippen LogP contribution in [0.5, 0.6) is 0 Å². The molecule has 90 valence electrons. The summed E-state index contributed by atoms with van der Waals surface area (Å²) in [5.74, 6) is 0. The molecule has 0 amide bonds. The zero-order chi connectivity index (χ0) is 12.1. The van der Waals surface area contributed by atoms with E-state index in [0.29, 0.717) is 6.04 Å². The molecule has 1 aromatic heterocycles. The summed E-state index contributed by atoms with van der Waals surface area (Å²) in [6.45, 7) is 4.35. The number of nitrogens with one attached hydrogen (secondary N) is 1. The number of hydrogen-bond donors (Lipinski definition) is 1. The van der Waals surface area contributed by atoms with Crippen LogP contribution in [-0.2, 0) is 6.42 Å². The van der Waals surface area contributed by atoms with Gasteiger partial charge >= 0.3 is 0 Å². The smallest absolute Gasteiger partial charge is 0.130 e. The molecule has 1 aromatic carbocycles. The Hall–Kier alpha value is -1.42. The fourth-order valence-electron chi connectivity index (χ4n) is 1.81. The summed E-state index contributed by atoms with van der Waals surface area (Å²) in [4.78, 5) is 0. The fraction of sp³-hybridized carbons (Fsp3) is 0.385. The summed E-state index contributed by atoms with van der Waals surface area (Å²) >= 11 is 1.40. The molecular weight excluding hydrogens is 230 g/mol. The minimum absolute atomic E-state index is 0.336. The van der Waals surface area contributed by atoms with E-state index in [9.17, 15) is 0 Å². The largest absolute Gasteiger partial charge is 0.368 e. The van der Waals surface area contributed by atoms with Gasteiger partial charge in [-0.1, -0.05) is 42.6 Å². The molecule has 2 aromatic rings. The molecule has 0 aliphatic rings. The number of aromatic nitrogens is 2. The van der Waals surface area contributed by atoms with E-state index >= 15 is 0 Å². The van der Waals surface area contributed by atoms with Gasteiger partial charge in [0.15, 0.2) is 0 Å². The van der Waals surface area contributed by atoms with Crippen LogP contribution < -0.4 is 5.32 Å². The Bertz CT molecular complexity index is 436. The summed E-state index contributed by atoms with van der Waals surface area (Å²) in [7, 11) is 0. The highest BCUT2D eigenvalue weighted by molar-refractivity contribution is 7.09. The molecule has 1 atom stereocenters. The average molecular weight is 247 g/mol. The summed E-state index contributed by atoms with van der Waals surface area (Å²) in [6, 6.07) is 9.14. The van der Waals surface area contributed by atoms with Crippen molar-refractivity contribution < 1.29 is 0 Å². The van der Waals surface area contributed by atoms with Crippen LogP contribution in [0.2, 0.25) is 0 Å². The van der Waals surface area contributed by atoms with E-state index in [2.05, 4.69) is 53.0 Å². The van der Waals surface area contributed by atoms with E-state index in [-0.39, 0.29) is 0 Å².